The zero-order valence-electron chi connectivity index (χ0n) is 10.7. The fourth-order valence-electron chi connectivity index (χ4n) is 1.95. The molecule has 5 heteroatoms. The van der Waals surface area contributed by atoms with E-state index in [9.17, 15) is 4.79 Å². The van der Waals surface area contributed by atoms with Gasteiger partial charge in [0.25, 0.3) is 0 Å². The average molecular weight is 267 g/mol. The molecule has 0 unspecified atom stereocenters. The molecule has 0 saturated heterocycles. The number of carbonyl (C=O) groups excluding carboxylic acids is 1. The molecule has 20 heavy (non-hydrogen) atoms. The molecule has 3 aromatic rings. The van der Waals surface area contributed by atoms with Crippen LogP contribution >= 0.6 is 0 Å². The van der Waals surface area contributed by atoms with Gasteiger partial charge in [0, 0.05) is 18.0 Å². The van der Waals surface area contributed by atoms with Crippen molar-refractivity contribution in [1.82, 2.24) is 9.38 Å². The van der Waals surface area contributed by atoms with Gasteiger partial charge in [-0.25, -0.2) is 4.98 Å². The van der Waals surface area contributed by atoms with Crippen molar-refractivity contribution in [3.63, 3.8) is 0 Å². The number of primary amides is 1. The summed E-state index contributed by atoms with van der Waals surface area (Å²) in [4.78, 5) is 15.5. The Hall–Kier alpha value is -2.82. The Morgan fingerprint density at radius 1 is 1.25 bits per heavy atom. The number of nitrogens with zero attached hydrogens (tertiary/aromatic N) is 2. The zero-order chi connectivity index (χ0) is 13.9. The molecule has 0 saturated carbocycles. The molecule has 0 fully saturated rings. The molecule has 0 atom stereocenters. The Kier molecular flexibility index (Phi) is 3.09. The van der Waals surface area contributed by atoms with Gasteiger partial charge in [-0.15, -0.1) is 0 Å². The number of pyridine rings is 1. The lowest BCUT2D eigenvalue weighted by Crippen LogP contribution is -2.10. The minimum absolute atomic E-state index is 0.337. The largest absolute Gasteiger partial charge is 0.487 e. The van der Waals surface area contributed by atoms with E-state index in [1.54, 1.807) is 24.3 Å². The van der Waals surface area contributed by atoms with E-state index in [1.165, 1.54) is 0 Å². The predicted molar refractivity (Wildman–Crippen MR) is 74.5 cm³/mol. The van der Waals surface area contributed by atoms with Crippen molar-refractivity contribution < 1.29 is 9.53 Å². The molecule has 2 heterocycles. The van der Waals surface area contributed by atoms with Gasteiger partial charge in [-0.3, -0.25) is 4.79 Å². The minimum Gasteiger partial charge on any atom is -0.487 e. The Balaban J connectivity index is 1.75. The van der Waals surface area contributed by atoms with E-state index < -0.39 is 5.91 Å². The van der Waals surface area contributed by atoms with Crippen LogP contribution < -0.4 is 10.5 Å². The molecule has 0 bridgehead atoms. The van der Waals surface area contributed by atoms with E-state index in [0.717, 1.165) is 11.3 Å². The van der Waals surface area contributed by atoms with Crippen LogP contribution in [0.2, 0.25) is 0 Å². The van der Waals surface area contributed by atoms with E-state index in [-0.39, 0.29) is 0 Å². The van der Waals surface area contributed by atoms with Gasteiger partial charge in [0.15, 0.2) is 0 Å². The number of ether oxygens (including phenoxy) is 1. The van der Waals surface area contributed by atoms with Crippen molar-refractivity contribution in [3.8, 4) is 5.75 Å². The maximum absolute atomic E-state index is 11.1. The summed E-state index contributed by atoms with van der Waals surface area (Å²) >= 11 is 0. The topological polar surface area (TPSA) is 69.6 Å². The smallest absolute Gasteiger partial charge is 0.248 e. The van der Waals surface area contributed by atoms with Gasteiger partial charge in [0.1, 0.15) is 18.0 Å². The summed E-state index contributed by atoms with van der Waals surface area (Å²) in [6.45, 7) is 0.337. The number of rotatable bonds is 4. The first-order valence-electron chi connectivity index (χ1n) is 6.18. The molecule has 3 rings (SSSR count). The minimum atomic E-state index is -0.469. The van der Waals surface area contributed by atoms with Crippen molar-refractivity contribution in [3.05, 3.63) is 66.1 Å². The molecule has 0 radical (unpaired) electrons. The van der Waals surface area contributed by atoms with Gasteiger partial charge in [-0.1, -0.05) is 12.1 Å². The molecule has 2 N–H and O–H groups in total. The molecular weight excluding hydrogens is 254 g/mol. The number of hydrogen-bond acceptors (Lipinski definition) is 3. The van der Waals surface area contributed by atoms with Gasteiger partial charge in [-0.05, 0) is 30.3 Å². The molecule has 0 aliphatic heterocycles. The zero-order valence-corrected chi connectivity index (χ0v) is 10.7. The maximum atomic E-state index is 11.1. The number of benzene rings is 1. The summed E-state index contributed by atoms with van der Waals surface area (Å²) in [7, 11) is 0. The molecule has 5 nitrogen and oxygen atoms in total. The van der Waals surface area contributed by atoms with E-state index in [2.05, 4.69) is 4.98 Å². The highest BCUT2D eigenvalue weighted by molar-refractivity contribution is 5.93. The van der Waals surface area contributed by atoms with Gasteiger partial charge < -0.3 is 14.9 Å². The van der Waals surface area contributed by atoms with Crippen LogP contribution in [0.15, 0.2) is 54.9 Å². The van der Waals surface area contributed by atoms with Gasteiger partial charge in [-0.2, -0.15) is 0 Å². The Morgan fingerprint density at radius 2 is 2.15 bits per heavy atom. The highest BCUT2D eigenvalue weighted by Crippen LogP contribution is 2.15. The van der Waals surface area contributed by atoms with Crippen LogP contribution in [0.4, 0.5) is 0 Å². The second-order valence-corrected chi connectivity index (χ2v) is 4.38. The van der Waals surface area contributed by atoms with Crippen molar-refractivity contribution in [2.24, 2.45) is 5.73 Å². The number of carbonyl (C=O) groups is 1. The number of amides is 1. The molecule has 1 aromatic carbocycles. The Labute approximate surface area is 115 Å². The van der Waals surface area contributed by atoms with Gasteiger partial charge >= 0.3 is 0 Å². The van der Waals surface area contributed by atoms with Crippen LogP contribution in [0.5, 0.6) is 5.75 Å². The van der Waals surface area contributed by atoms with Crippen molar-refractivity contribution in [2.75, 3.05) is 0 Å². The number of fused-ring (bicyclic) bond motifs is 1. The number of imidazole rings is 1. The first-order chi connectivity index (χ1) is 9.72. The SMILES string of the molecule is NC(=O)c1cccc(OCc2cn3ccccc3n2)c1. The third-order valence-corrected chi connectivity index (χ3v) is 2.92. The van der Waals surface area contributed by atoms with Gasteiger partial charge in [0.05, 0.1) is 5.69 Å². The lowest BCUT2D eigenvalue weighted by Gasteiger charge is -2.04. The van der Waals surface area contributed by atoms with E-state index in [1.807, 2.05) is 35.0 Å². The van der Waals surface area contributed by atoms with Crippen molar-refractivity contribution in [2.45, 2.75) is 6.61 Å². The number of nitrogens with two attached hydrogens (primary N) is 1. The summed E-state index contributed by atoms with van der Waals surface area (Å²) < 4.78 is 7.56. The Morgan fingerprint density at radius 3 is 2.95 bits per heavy atom. The standard InChI is InChI=1S/C15H13N3O2/c16-15(19)11-4-3-5-13(8-11)20-10-12-9-18-7-2-1-6-14(18)17-12/h1-9H,10H2,(H2,16,19). The molecule has 2 aromatic heterocycles. The first kappa shape index (κ1) is 12.2. The lowest BCUT2D eigenvalue weighted by atomic mass is 10.2. The highest BCUT2D eigenvalue weighted by Gasteiger charge is 2.04. The summed E-state index contributed by atoms with van der Waals surface area (Å²) in [6, 6.07) is 12.6. The second kappa shape index (κ2) is 5.05. The molecule has 0 aliphatic rings. The average Bonchev–Trinajstić information content (AvgIpc) is 2.88. The van der Waals surface area contributed by atoms with E-state index in [4.69, 9.17) is 10.5 Å². The second-order valence-electron chi connectivity index (χ2n) is 4.38. The molecule has 100 valence electrons. The molecular formula is C15H13N3O2. The summed E-state index contributed by atoms with van der Waals surface area (Å²) in [5, 5.41) is 0. The number of hydrogen-bond donors (Lipinski definition) is 1. The highest BCUT2D eigenvalue weighted by atomic mass is 16.5. The van der Waals surface area contributed by atoms with Gasteiger partial charge in [0.2, 0.25) is 5.91 Å². The third-order valence-electron chi connectivity index (χ3n) is 2.92. The summed E-state index contributed by atoms with van der Waals surface area (Å²) in [6.07, 6.45) is 3.84. The van der Waals surface area contributed by atoms with Crippen LogP contribution in [0.3, 0.4) is 0 Å². The lowest BCUT2D eigenvalue weighted by molar-refractivity contribution is 0.1000. The van der Waals surface area contributed by atoms with E-state index >= 15 is 0 Å². The fraction of sp³-hybridized carbons (Fsp3) is 0.0667. The Bertz CT molecular complexity index is 731. The molecule has 0 aliphatic carbocycles. The third kappa shape index (κ3) is 2.47. The normalized spacial score (nSPS) is 10.6. The fourth-order valence-corrected chi connectivity index (χ4v) is 1.95. The number of aromatic nitrogens is 2. The quantitative estimate of drug-likeness (QED) is 0.786. The van der Waals surface area contributed by atoms with Crippen LogP contribution in [0.1, 0.15) is 16.1 Å². The first-order valence-corrected chi connectivity index (χ1v) is 6.18. The van der Waals surface area contributed by atoms with Crippen LogP contribution in [-0.2, 0) is 6.61 Å². The van der Waals surface area contributed by atoms with Crippen molar-refractivity contribution >= 4 is 11.6 Å². The predicted octanol–water partition coefficient (Wildman–Crippen LogP) is 2.01. The monoisotopic (exact) mass is 267 g/mol. The maximum Gasteiger partial charge on any atom is 0.248 e. The van der Waals surface area contributed by atoms with Crippen LogP contribution in [-0.4, -0.2) is 15.3 Å². The summed E-state index contributed by atoms with van der Waals surface area (Å²) in [5.74, 6) is 0.126. The molecule has 0 spiro atoms. The van der Waals surface area contributed by atoms with Crippen LogP contribution in [0.25, 0.3) is 5.65 Å². The summed E-state index contributed by atoms with van der Waals surface area (Å²) in [5.41, 5.74) is 7.35. The van der Waals surface area contributed by atoms with Crippen LogP contribution in [0, 0.1) is 0 Å². The van der Waals surface area contributed by atoms with E-state index in [0.29, 0.717) is 17.9 Å². The van der Waals surface area contributed by atoms with Crippen molar-refractivity contribution in [1.29, 1.82) is 0 Å². The molecule has 1 amide bonds.